The van der Waals surface area contributed by atoms with Gasteiger partial charge in [-0.3, -0.25) is 9.80 Å². The summed E-state index contributed by atoms with van der Waals surface area (Å²) in [6, 6.07) is 0. The van der Waals surface area contributed by atoms with Crippen molar-refractivity contribution < 1.29 is 0 Å². The molecule has 3 fully saturated rings. The first-order valence-electron chi connectivity index (χ1n) is 9.85. The Morgan fingerprint density at radius 3 is 1.61 bits per heavy atom. The van der Waals surface area contributed by atoms with Gasteiger partial charge in [0.1, 0.15) is 0 Å². The molecule has 23 heavy (non-hydrogen) atoms. The van der Waals surface area contributed by atoms with Gasteiger partial charge in [0.25, 0.3) is 0 Å². The highest BCUT2D eigenvalue weighted by atomic mass is 15.3. The molecule has 0 aromatic carbocycles. The van der Waals surface area contributed by atoms with Crippen molar-refractivity contribution in [3.8, 4) is 0 Å². The number of likely N-dealkylation sites (tertiary alicyclic amines) is 3. The molecule has 0 N–H and O–H groups in total. The van der Waals surface area contributed by atoms with Crippen LogP contribution in [0.3, 0.4) is 0 Å². The van der Waals surface area contributed by atoms with E-state index in [1.54, 1.807) is 0 Å². The van der Waals surface area contributed by atoms with Crippen LogP contribution in [0.4, 0.5) is 0 Å². The van der Waals surface area contributed by atoms with Crippen LogP contribution in [0, 0.1) is 17.8 Å². The molecule has 2 unspecified atom stereocenters. The van der Waals surface area contributed by atoms with Crippen molar-refractivity contribution in [1.29, 1.82) is 0 Å². The molecule has 3 aliphatic heterocycles. The van der Waals surface area contributed by atoms with E-state index in [1.165, 1.54) is 58.7 Å². The van der Waals surface area contributed by atoms with E-state index in [-0.39, 0.29) is 0 Å². The van der Waals surface area contributed by atoms with Gasteiger partial charge >= 0.3 is 0 Å². The van der Waals surface area contributed by atoms with E-state index >= 15 is 0 Å². The number of piperidine rings is 1. The first-order valence-corrected chi connectivity index (χ1v) is 9.85. The van der Waals surface area contributed by atoms with E-state index in [2.05, 4.69) is 56.2 Å². The van der Waals surface area contributed by atoms with E-state index in [4.69, 9.17) is 0 Å². The molecule has 0 saturated carbocycles. The standard InChI is InChI=1S/C20H39N3/c1-19(2,3)22-9-7-16(8-10-22)11-21-12-17-14-23(20(4,5)6)15-18(17)13-21/h16-18H,7-15H2,1-6H3. The van der Waals surface area contributed by atoms with Gasteiger partial charge in [-0.05, 0) is 85.2 Å². The van der Waals surface area contributed by atoms with Gasteiger partial charge in [0.05, 0.1) is 0 Å². The van der Waals surface area contributed by atoms with E-state index < -0.39 is 0 Å². The lowest BCUT2D eigenvalue weighted by molar-refractivity contribution is 0.0747. The van der Waals surface area contributed by atoms with E-state index in [1.807, 2.05) is 0 Å². The third kappa shape index (κ3) is 4.11. The number of fused-ring (bicyclic) bond motifs is 1. The third-order valence-electron chi connectivity index (χ3n) is 6.59. The van der Waals surface area contributed by atoms with Gasteiger partial charge in [-0.2, -0.15) is 0 Å². The number of nitrogens with zero attached hydrogens (tertiary/aromatic N) is 3. The minimum Gasteiger partial charge on any atom is -0.302 e. The molecule has 0 aliphatic carbocycles. The van der Waals surface area contributed by atoms with Gasteiger partial charge in [-0.1, -0.05) is 0 Å². The maximum absolute atomic E-state index is 2.80. The molecule has 0 amide bonds. The first-order chi connectivity index (χ1) is 10.6. The highest BCUT2D eigenvalue weighted by Gasteiger charge is 2.43. The Labute approximate surface area is 144 Å². The lowest BCUT2D eigenvalue weighted by Crippen LogP contribution is -2.47. The Morgan fingerprint density at radius 1 is 0.696 bits per heavy atom. The van der Waals surface area contributed by atoms with Crippen molar-refractivity contribution in [2.24, 2.45) is 17.8 Å². The van der Waals surface area contributed by atoms with Crippen molar-refractivity contribution >= 4 is 0 Å². The predicted octanol–water partition coefficient (Wildman–Crippen LogP) is 3.16. The van der Waals surface area contributed by atoms with Crippen LogP contribution in [0.15, 0.2) is 0 Å². The summed E-state index contributed by atoms with van der Waals surface area (Å²) in [5, 5.41) is 0. The molecule has 3 rings (SSSR count). The summed E-state index contributed by atoms with van der Waals surface area (Å²) in [5.41, 5.74) is 0.709. The lowest BCUT2D eigenvalue weighted by Gasteiger charge is -2.41. The highest BCUT2D eigenvalue weighted by Crippen LogP contribution is 2.35. The maximum Gasteiger partial charge on any atom is 0.0125 e. The van der Waals surface area contributed by atoms with Gasteiger partial charge in [0, 0.05) is 43.8 Å². The quantitative estimate of drug-likeness (QED) is 0.773. The zero-order chi connectivity index (χ0) is 16.8. The molecule has 3 saturated heterocycles. The summed E-state index contributed by atoms with van der Waals surface area (Å²) in [5.74, 6) is 2.80. The molecule has 3 aliphatic rings. The largest absolute Gasteiger partial charge is 0.302 e. The number of rotatable bonds is 2. The summed E-state index contributed by atoms with van der Waals surface area (Å²) in [6.45, 7) is 23.5. The molecule has 0 radical (unpaired) electrons. The van der Waals surface area contributed by atoms with Gasteiger partial charge in [0.2, 0.25) is 0 Å². The highest BCUT2D eigenvalue weighted by molar-refractivity contribution is 4.97. The summed E-state index contributed by atoms with van der Waals surface area (Å²) >= 11 is 0. The Balaban J connectivity index is 1.43. The zero-order valence-electron chi connectivity index (χ0n) is 16.4. The molecule has 0 spiro atoms. The van der Waals surface area contributed by atoms with E-state index in [0.717, 1.165) is 17.8 Å². The summed E-state index contributed by atoms with van der Waals surface area (Å²) in [7, 11) is 0. The second-order valence-corrected chi connectivity index (χ2v) is 10.4. The smallest absolute Gasteiger partial charge is 0.0125 e. The van der Waals surface area contributed by atoms with Gasteiger partial charge in [0.15, 0.2) is 0 Å². The fourth-order valence-corrected chi connectivity index (χ4v) is 4.94. The van der Waals surface area contributed by atoms with Gasteiger partial charge in [-0.15, -0.1) is 0 Å². The summed E-state index contributed by atoms with van der Waals surface area (Å²) < 4.78 is 0. The average molecular weight is 322 g/mol. The SMILES string of the molecule is CC(C)(C)N1CCC(CN2CC3CN(C(C)(C)C)CC3C2)CC1. The Morgan fingerprint density at radius 2 is 1.17 bits per heavy atom. The maximum atomic E-state index is 2.80. The van der Waals surface area contributed by atoms with Crippen LogP contribution >= 0.6 is 0 Å². The topological polar surface area (TPSA) is 9.72 Å². The summed E-state index contributed by atoms with van der Waals surface area (Å²) in [4.78, 5) is 8.18. The normalized spacial score (nSPS) is 32.6. The van der Waals surface area contributed by atoms with Crippen LogP contribution in [0.5, 0.6) is 0 Å². The van der Waals surface area contributed by atoms with Crippen LogP contribution in [-0.2, 0) is 0 Å². The Hall–Kier alpha value is -0.120. The van der Waals surface area contributed by atoms with Gasteiger partial charge in [-0.25, -0.2) is 0 Å². The summed E-state index contributed by atoms with van der Waals surface area (Å²) in [6.07, 6.45) is 2.80. The van der Waals surface area contributed by atoms with Crippen LogP contribution < -0.4 is 0 Å². The molecule has 134 valence electrons. The van der Waals surface area contributed by atoms with Gasteiger partial charge < -0.3 is 4.90 Å². The fourth-order valence-electron chi connectivity index (χ4n) is 4.94. The average Bonchev–Trinajstić information content (AvgIpc) is 2.95. The van der Waals surface area contributed by atoms with E-state index in [0.29, 0.717) is 11.1 Å². The molecule has 3 heterocycles. The molecule has 0 aromatic rings. The molecule has 0 aromatic heterocycles. The minimum absolute atomic E-state index is 0.353. The minimum atomic E-state index is 0.353. The fraction of sp³-hybridized carbons (Fsp3) is 1.00. The monoisotopic (exact) mass is 321 g/mol. The lowest BCUT2D eigenvalue weighted by atomic mass is 9.92. The van der Waals surface area contributed by atoms with E-state index in [9.17, 15) is 0 Å². The second kappa shape index (κ2) is 6.31. The van der Waals surface area contributed by atoms with Crippen molar-refractivity contribution in [3.63, 3.8) is 0 Å². The molecule has 2 atom stereocenters. The van der Waals surface area contributed by atoms with Crippen molar-refractivity contribution in [2.45, 2.75) is 65.5 Å². The van der Waals surface area contributed by atoms with Crippen molar-refractivity contribution in [2.75, 3.05) is 45.8 Å². The second-order valence-electron chi connectivity index (χ2n) is 10.4. The number of hydrogen-bond acceptors (Lipinski definition) is 3. The molecular weight excluding hydrogens is 282 g/mol. The van der Waals surface area contributed by atoms with Crippen molar-refractivity contribution in [1.82, 2.24) is 14.7 Å². The molecule has 3 heteroatoms. The number of hydrogen-bond donors (Lipinski definition) is 0. The predicted molar refractivity (Wildman–Crippen MR) is 98.8 cm³/mol. The van der Waals surface area contributed by atoms with Crippen LogP contribution in [0.25, 0.3) is 0 Å². The Kier molecular flexibility index (Phi) is 4.85. The third-order valence-corrected chi connectivity index (χ3v) is 6.59. The molecule has 3 nitrogen and oxygen atoms in total. The zero-order valence-corrected chi connectivity index (χ0v) is 16.4. The molecular formula is C20H39N3. The van der Waals surface area contributed by atoms with Crippen LogP contribution in [0.2, 0.25) is 0 Å². The van der Waals surface area contributed by atoms with Crippen LogP contribution in [-0.4, -0.2) is 71.6 Å². The van der Waals surface area contributed by atoms with Crippen LogP contribution in [0.1, 0.15) is 54.4 Å². The molecule has 0 bridgehead atoms. The van der Waals surface area contributed by atoms with Crippen molar-refractivity contribution in [3.05, 3.63) is 0 Å². The first kappa shape index (κ1) is 17.7. The Bertz CT molecular complexity index is 384.